The van der Waals surface area contributed by atoms with Gasteiger partial charge in [-0.25, -0.2) is 0 Å². The highest BCUT2D eigenvalue weighted by molar-refractivity contribution is 5.78. The van der Waals surface area contributed by atoms with Gasteiger partial charge in [0.1, 0.15) is 0 Å². The quantitative estimate of drug-likeness (QED) is 0.718. The molecule has 3 aliphatic rings. The number of fused-ring (bicyclic) bond motifs is 1. The number of hydrogen-bond donors (Lipinski definition) is 1. The zero-order valence-electron chi connectivity index (χ0n) is 10.5. The lowest BCUT2D eigenvalue weighted by molar-refractivity contribution is -0.131. The molecule has 17 heavy (non-hydrogen) atoms. The van der Waals surface area contributed by atoms with Crippen LogP contribution in [0.1, 0.15) is 32.1 Å². The first-order valence-corrected chi connectivity index (χ1v) is 7.09. The van der Waals surface area contributed by atoms with E-state index in [2.05, 4.69) is 15.1 Å². The second kappa shape index (κ2) is 4.94. The lowest BCUT2D eigenvalue weighted by Gasteiger charge is -2.41. The maximum absolute atomic E-state index is 11.6. The fourth-order valence-electron chi connectivity index (χ4n) is 3.59. The van der Waals surface area contributed by atoms with Crippen LogP contribution >= 0.6 is 0 Å². The number of piperazine rings is 1. The number of nitrogens with one attached hydrogen (secondary N) is 1. The van der Waals surface area contributed by atoms with E-state index in [-0.39, 0.29) is 0 Å². The average Bonchev–Trinajstić information content (AvgIpc) is 2.58. The van der Waals surface area contributed by atoms with Gasteiger partial charge in [0, 0.05) is 38.1 Å². The van der Waals surface area contributed by atoms with Gasteiger partial charge in [0.05, 0.1) is 0 Å². The summed E-state index contributed by atoms with van der Waals surface area (Å²) in [5, 5.41) is 3.48. The molecule has 0 radical (unpaired) electrons. The maximum Gasteiger partial charge on any atom is 0.222 e. The molecule has 0 saturated carbocycles. The molecule has 4 nitrogen and oxygen atoms in total. The van der Waals surface area contributed by atoms with Crippen LogP contribution in [-0.4, -0.2) is 60.5 Å². The summed E-state index contributed by atoms with van der Waals surface area (Å²) in [5.74, 6) is 0.386. The van der Waals surface area contributed by atoms with Gasteiger partial charge in [0.25, 0.3) is 0 Å². The standard InChI is InChI=1S/C13H23N3O/c17-13-4-3-12-10-15(8-9-16(12)13)11-2-1-6-14-7-5-11/h11-12,14H,1-10H2. The second-order valence-electron chi connectivity index (χ2n) is 5.61. The topological polar surface area (TPSA) is 35.6 Å². The molecule has 0 aromatic rings. The van der Waals surface area contributed by atoms with E-state index in [9.17, 15) is 4.79 Å². The van der Waals surface area contributed by atoms with Crippen LogP contribution < -0.4 is 5.32 Å². The van der Waals surface area contributed by atoms with Crippen LogP contribution in [0.2, 0.25) is 0 Å². The fraction of sp³-hybridized carbons (Fsp3) is 0.923. The Morgan fingerprint density at radius 1 is 1.06 bits per heavy atom. The minimum atomic E-state index is 0.386. The SMILES string of the molecule is O=C1CCC2CN(C3CCCNCC3)CCN12. The maximum atomic E-state index is 11.6. The highest BCUT2D eigenvalue weighted by atomic mass is 16.2. The summed E-state index contributed by atoms with van der Waals surface area (Å²) in [7, 11) is 0. The van der Waals surface area contributed by atoms with E-state index in [0.717, 1.165) is 45.1 Å². The van der Waals surface area contributed by atoms with Crippen molar-refractivity contribution < 1.29 is 4.79 Å². The largest absolute Gasteiger partial charge is 0.337 e. The van der Waals surface area contributed by atoms with Gasteiger partial charge in [-0.05, 0) is 38.8 Å². The monoisotopic (exact) mass is 237 g/mol. The smallest absolute Gasteiger partial charge is 0.222 e. The molecule has 1 amide bonds. The number of rotatable bonds is 1. The van der Waals surface area contributed by atoms with Crippen molar-refractivity contribution in [2.45, 2.75) is 44.2 Å². The Kier molecular flexibility index (Phi) is 3.34. The lowest BCUT2D eigenvalue weighted by atomic mass is 10.0. The highest BCUT2D eigenvalue weighted by Crippen LogP contribution is 2.25. The van der Waals surface area contributed by atoms with Gasteiger partial charge in [0.15, 0.2) is 0 Å². The Balaban J connectivity index is 1.60. The molecule has 0 bridgehead atoms. The van der Waals surface area contributed by atoms with Crippen molar-refractivity contribution in [3.05, 3.63) is 0 Å². The predicted octanol–water partition coefficient (Wildman–Crippen LogP) is 0.435. The summed E-state index contributed by atoms with van der Waals surface area (Å²) in [6.45, 7) is 5.52. The van der Waals surface area contributed by atoms with Crippen molar-refractivity contribution in [3.8, 4) is 0 Å². The minimum Gasteiger partial charge on any atom is -0.337 e. The normalized spacial score (nSPS) is 35.8. The van der Waals surface area contributed by atoms with Crippen molar-refractivity contribution in [3.63, 3.8) is 0 Å². The number of hydrogen-bond acceptors (Lipinski definition) is 3. The van der Waals surface area contributed by atoms with E-state index in [1.165, 1.54) is 25.8 Å². The lowest BCUT2D eigenvalue weighted by Crippen LogP contribution is -2.54. The van der Waals surface area contributed by atoms with Crippen molar-refractivity contribution in [1.29, 1.82) is 0 Å². The van der Waals surface area contributed by atoms with Gasteiger partial charge >= 0.3 is 0 Å². The molecule has 3 aliphatic heterocycles. The molecule has 3 rings (SSSR count). The second-order valence-corrected chi connectivity index (χ2v) is 5.61. The summed E-state index contributed by atoms with van der Waals surface area (Å²) in [4.78, 5) is 16.4. The first kappa shape index (κ1) is 11.5. The van der Waals surface area contributed by atoms with Crippen LogP contribution in [0.15, 0.2) is 0 Å². The minimum absolute atomic E-state index is 0.386. The van der Waals surface area contributed by atoms with E-state index in [4.69, 9.17) is 0 Å². The Morgan fingerprint density at radius 3 is 2.94 bits per heavy atom. The van der Waals surface area contributed by atoms with E-state index in [1.54, 1.807) is 0 Å². The molecule has 0 spiro atoms. The zero-order chi connectivity index (χ0) is 11.7. The molecule has 0 aliphatic carbocycles. The predicted molar refractivity (Wildman–Crippen MR) is 66.8 cm³/mol. The number of nitrogens with zero attached hydrogens (tertiary/aromatic N) is 2. The molecule has 2 atom stereocenters. The molecule has 96 valence electrons. The molecule has 3 saturated heterocycles. The van der Waals surface area contributed by atoms with E-state index in [1.807, 2.05) is 0 Å². The Bertz CT molecular complexity index is 286. The van der Waals surface area contributed by atoms with Crippen LogP contribution in [0, 0.1) is 0 Å². The van der Waals surface area contributed by atoms with Crippen LogP contribution in [0.4, 0.5) is 0 Å². The third-order valence-corrected chi connectivity index (χ3v) is 4.59. The highest BCUT2D eigenvalue weighted by Gasteiger charge is 2.37. The first-order valence-electron chi connectivity index (χ1n) is 7.09. The van der Waals surface area contributed by atoms with Crippen LogP contribution in [0.25, 0.3) is 0 Å². The van der Waals surface area contributed by atoms with Crippen molar-refractivity contribution in [2.24, 2.45) is 0 Å². The van der Waals surface area contributed by atoms with Crippen molar-refractivity contribution >= 4 is 5.91 Å². The van der Waals surface area contributed by atoms with Gasteiger partial charge in [0.2, 0.25) is 5.91 Å². The molecule has 2 unspecified atom stereocenters. The van der Waals surface area contributed by atoms with Crippen molar-refractivity contribution in [2.75, 3.05) is 32.7 Å². The zero-order valence-corrected chi connectivity index (χ0v) is 10.5. The Labute approximate surface area is 103 Å². The van der Waals surface area contributed by atoms with Crippen LogP contribution in [0.3, 0.4) is 0 Å². The molecule has 0 aromatic carbocycles. The summed E-state index contributed by atoms with van der Waals surface area (Å²) in [6.07, 6.45) is 5.77. The summed E-state index contributed by atoms with van der Waals surface area (Å²) in [6, 6.07) is 1.27. The van der Waals surface area contributed by atoms with E-state index >= 15 is 0 Å². The third-order valence-electron chi connectivity index (χ3n) is 4.59. The summed E-state index contributed by atoms with van der Waals surface area (Å²) >= 11 is 0. The summed E-state index contributed by atoms with van der Waals surface area (Å²) in [5.41, 5.74) is 0. The molecule has 1 N–H and O–H groups in total. The Morgan fingerprint density at radius 2 is 2.00 bits per heavy atom. The van der Waals surface area contributed by atoms with Crippen molar-refractivity contribution in [1.82, 2.24) is 15.1 Å². The Hall–Kier alpha value is -0.610. The van der Waals surface area contributed by atoms with E-state index in [0.29, 0.717) is 11.9 Å². The molecule has 0 aromatic heterocycles. The summed E-state index contributed by atoms with van der Waals surface area (Å²) < 4.78 is 0. The first-order chi connectivity index (χ1) is 8.34. The van der Waals surface area contributed by atoms with Crippen LogP contribution in [0.5, 0.6) is 0 Å². The van der Waals surface area contributed by atoms with Gasteiger partial charge < -0.3 is 10.2 Å². The fourth-order valence-corrected chi connectivity index (χ4v) is 3.59. The molecule has 4 heteroatoms. The third kappa shape index (κ3) is 2.33. The van der Waals surface area contributed by atoms with Gasteiger partial charge in [-0.3, -0.25) is 9.69 Å². The molecular weight excluding hydrogens is 214 g/mol. The van der Waals surface area contributed by atoms with E-state index < -0.39 is 0 Å². The number of amides is 1. The average molecular weight is 237 g/mol. The van der Waals surface area contributed by atoms with Crippen LogP contribution in [-0.2, 0) is 4.79 Å². The molecular formula is C13H23N3O. The van der Waals surface area contributed by atoms with Gasteiger partial charge in [-0.15, -0.1) is 0 Å². The molecule has 3 fully saturated rings. The van der Waals surface area contributed by atoms with Gasteiger partial charge in [-0.2, -0.15) is 0 Å². The molecule has 3 heterocycles. The number of carbonyl (C=O) groups is 1. The number of carbonyl (C=O) groups excluding carboxylic acids is 1. The van der Waals surface area contributed by atoms with Gasteiger partial charge in [-0.1, -0.05) is 0 Å².